The number of likely N-dealkylation sites (tertiary alicyclic amines) is 1. The van der Waals surface area contributed by atoms with E-state index in [2.05, 4.69) is 15.6 Å². The largest absolute Gasteiger partial charge is 0.393 e. The van der Waals surface area contributed by atoms with E-state index < -0.39 is 10.9 Å². The molecule has 162 valence electrons. The van der Waals surface area contributed by atoms with Crippen molar-refractivity contribution in [2.24, 2.45) is 0 Å². The first-order chi connectivity index (χ1) is 14.6. The van der Waals surface area contributed by atoms with E-state index in [4.69, 9.17) is 0 Å². The molecule has 1 aromatic carbocycles. The molecule has 2 aromatic rings. The molecule has 1 saturated heterocycles. The highest BCUT2D eigenvalue weighted by atomic mass is 16.3. The van der Waals surface area contributed by atoms with Gasteiger partial charge in [0.05, 0.1) is 6.10 Å². The molecule has 0 saturated carbocycles. The number of carbonyl (C=O) groups excluding carboxylic acids is 1. The number of hydrogen-bond donors (Lipinski definition) is 3. The lowest BCUT2D eigenvalue weighted by Crippen LogP contribution is -2.39. The van der Waals surface area contributed by atoms with Crippen molar-refractivity contribution >= 4 is 23.0 Å². The van der Waals surface area contributed by atoms with Crippen LogP contribution in [-0.4, -0.2) is 46.6 Å². The number of pyridine rings is 1. The van der Waals surface area contributed by atoms with Gasteiger partial charge < -0.3 is 20.6 Å². The molecule has 0 spiro atoms. The van der Waals surface area contributed by atoms with Gasteiger partial charge in [-0.1, -0.05) is 19.3 Å². The normalized spacial score (nSPS) is 14.8. The Bertz CT molecular complexity index is 884. The van der Waals surface area contributed by atoms with Crippen molar-refractivity contribution in [1.29, 1.82) is 0 Å². The summed E-state index contributed by atoms with van der Waals surface area (Å²) in [6, 6.07) is 3.47. The highest BCUT2D eigenvalue weighted by Gasteiger charge is 2.21. The average Bonchev–Trinajstić information content (AvgIpc) is 2.77. The van der Waals surface area contributed by atoms with Gasteiger partial charge in [-0.05, 0) is 37.8 Å². The SMILES string of the molecule is O=C(CCCCCCCNc1c(Nc2ccncc2)c(=O)c1=O)N1CCC(O)CC1. The zero-order valence-corrected chi connectivity index (χ0v) is 17.2. The van der Waals surface area contributed by atoms with Gasteiger partial charge in [-0.25, -0.2) is 0 Å². The van der Waals surface area contributed by atoms with Crippen LogP contribution in [0.2, 0.25) is 0 Å². The Morgan fingerprint density at radius 2 is 1.63 bits per heavy atom. The minimum absolute atomic E-state index is 0.192. The maximum Gasteiger partial charge on any atom is 0.253 e. The fourth-order valence-corrected chi connectivity index (χ4v) is 3.68. The van der Waals surface area contributed by atoms with Crippen LogP contribution in [0.25, 0.3) is 0 Å². The van der Waals surface area contributed by atoms with Crippen molar-refractivity contribution in [2.45, 2.75) is 57.5 Å². The topological polar surface area (TPSA) is 112 Å². The van der Waals surface area contributed by atoms with Crippen molar-refractivity contribution in [2.75, 3.05) is 30.3 Å². The predicted octanol–water partition coefficient (Wildman–Crippen LogP) is 2.16. The number of anilines is 3. The van der Waals surface area contributed by atoms with Gasteiger partial charge in [0.15, 0.2) is 0 Å². The first-order valence-electron chi connectivity index (χ1n) is 10.8. The second-order valence-electron chi connectivity index (χ2n) is 7.83. The molecule has 1 fully saturated rings. The van der Waals surface area contributed by atoms with Gasteiger partial charge >= 0.3 is 0 Å². The number of unbranched alkanes of at least 4 members (excludes halogenated alkanes) is 4. The molecule has 30 heavy (non-hydrogen) atoms. The standard InChI is InChI=1S/C22H30N4O4/c27-17-9-14-26(15-10-17)18(28)6-4-2-1-3-5-11-24-19-20(22(30)21(19)29)25-16-7-12-23-13-8-16/h7-8,12-13,17,24,27H,1-6,9-11,14-15H2,(H,23,25). The van der Waals surface area contributed by atoms with Gasteiger partial charge in [0, 0.05) is 44.1 Å². The number of carbonyl (C=O) groups is 1. The molecule has 0 aliphatic carbocycles. The number of aliphatic hydroxyl groups excluding tert-OH is 1. The lowest BCUT2D eigenvalue weighted by atomic mass is 10.1. The lowest BCUT2D eigenvalue weighted by Gasteiger charge is -2.29. The van der Waals surface area contributed by atoms with Crippen LogP contribution in [0, 0.1) is 0 Å². The quantitative estimate of drug-likeness (QED) is 0.382. The summed E-state index contributed by atoms with van der Waals surface area (Å²) in [5.41, 5.74) is 0.414. The Balaban J connectivity index is 1.27. The maximum absolute atomic E-state index is 12.1. The van der Waals surface area contributed by atoms with Crippen LogP contribution in [-0.2, 0) is 4.79 Å². The highest BCUT2D eigenvalue weighted by Crippen LogP contribution is 2.20. The summed E-state index contributed by atoms with van der Waals surface area (Å²) in [5, 5.41) is 15.6. The first-order valence-corrected chi connectivity index (χ1v) is 10.8. The number of nitrogens with zero attached hydrogens (tertiary/aromatic N) is 2. The second kappa shape index (κ2) is 10.9. The molecule has 1 aliphatic rings. The predicted molar refractivity (Wildman–Crippen MR) is 117 cm³/mol. The van der Waals surface area contributed by atoms with Crippen LogP contribution < -0.4 is 21.5 Å². The van der Waals surface area contributed by atoms with Crippen molar-refractivity contribution < 1.29 is 9.90 Å². The van der Waals surface area contributed by atoms with Crippen LogP contribution in [0.15, 0.2) is 34.1 Å². The lowest BCUT2D eigenvalue weighted by molar-refractivity contribution is -0.133. The van der Waals surface area contributed by atoms with E-state index >= 15 is 0 Å². The van der Waals surface area contributed by atoms with Gasteiger partial charge in [0.25, 0.3) is 10.9 Å². The van der Waals surface area contributed by atoms with Gasteiger partial charge in [-0.15, -0.1) is 0 Å². The fraction of sp³-hybridized carbons (Fsp3) is 0.545. The van der Waals surface area contributed by atoms with Crippen LogP contribution >= 0.6 is 0 Å². The Morgan fingerprint density at radius 3 is 2.37 bits per heavy atom. The third kappa shape index (κ3) is 5.89. The molecule has 1 aliphatic heterocycles. The zero-order chi connectivity index (χ0) is 21.3. The van der Waals surface area contributed by atoms with E-state index in [0.29, 0.717) is 50.3 Å². The van der Waals surface area contributed by atoms with Crippen LogP contribution in [0.5, 0.6) is 0 Å². The summed E-state index contributed by atoms with van der Waals surface area (Å²) < 4.78 is 0. The van der Waals surface area contributed by atoms with Crippen molar-refractivity contribution in [3.63, 3.8) is 0 Å². The first kappa shape index (κ1) is 22.0. The van der Waals surface area contributed by atoms with E-state index in [1.807, 2.05) is 4.90 Å². The molecule has 0 unspecified atom stereocenters. The van der Waals surface area contributed by atoms with Crippen LogP contribution in [0.1, 0.15) is 51.4 Å². The summed E-state index contributed by atoms with van der Waals surface area (Å²) >= 11 is 0. The maximum atomic E-state index is 12.1. The van der Waals surface area contributed by atoms with Crippen molar-refractivity contribution in [1.82, 2.24) is 9.88 Å². The number of amides is 1. The Morgan fingerprint density at radius 1 is 1.00 bits per heavy atom. The van der Waals surface area contributed by atoms with Gasteiger partial charge in [-0.2, -0.15) is 0 Å². The van der Waals surface area contributed by atoms with Crippen molar-refractivity contribution in [3.05, 3.63) is 45.0 Å². The summed E-state index contributed by atoms with van der Waals surface area (Å²) in [7, 11) is 0. The summed E-state index contributed by atoms with van der Waals surface area (Å²) in [6.45, 7) is 1.96. The molecule has 0 bridgehead atoms. The molecule has 8 nitrogen and oxygen atoms in total. The number of nitrogens with one attached hydrogen (secondary N) is 2. The third-order valence-corrected chi connectivity index (χ3v) is 5.55. The molecule has 3 N–H and O–H groups in total. The van der Waals surface area contributed by atoms with Crippen molar-refractivity contribution in [3.8, 4) is 0 Å². The molecule has 0 radical (unpaired) electrons. The van der Waals surface area contributed by atoms with E-state index in [0.717, 1.165) is 37.8 Å². The number of aromatic nitrogens is 1. The molecular weight excluding hydrogens is 384 g/mol. The molecule has 1 aromatic heterocycles. The van der Waals surface area contributed by atoms with E-state index in [9.17, 15) is 19.5 Å². The molecule has 1 amide bonds. The van der Waals surface area contributed by atoms with Crippen LogP contribution in [0.3, 0.4) is 0 Å². The fourth-order valence-electron chi connectivity index (χ4n) is 3.68. The molecule has 3 rings (SSSR count). The Hall–Kier alpha value is -2.74. The smallest absolute Gasteiger partial charge is 0.253 e. The molecule has 0 atom stereocenters. The summed E-state index contributed by atoms with van der Waals surface area (Å²) in [4.78, 5) is 41.5. The Kier molecular flexibility index (Phi) is 7.96. The van der Waals surface area contributed by atoms with Crippen LogP contribution in [0.4, 0.5) is 17.1 Å². The number of rotatable bonds is 11. The summed E-state index contributed by atoms with van der Waals surface area (Å²) in [5.74, 6) is 0.192. The minimum Gasteiger partial charge on any atom is -0.393 e. The number of piperidine rings is 1. The molecule has 2 heterocycles. The minimum atomic E-state index is -0.498. The molecular formula is C22H30N4O4. The number of hydrogen-bond acceptors (Lipinski definition) is 7. The molecule has 8 heteroatoms. The average molecular weight is 415 g/mol. The monoisotopic (exact) mass is 414 g/mol. The van der Waals surface area contributed by atoms with E-state index in [-0.39, 0.29) is 12.0 Å². The van der Waals surface area contributed by atoms with Gasteiger partial charge in [0.2, 0.25) is 5.91 Å². The third-order valence-electron chi connectivity index (χ3n) is 5.55. The summed E-state index contributed by atoms with van der Waals surface area (Å²) in [6.07, 6.45) is 9.72. The number of aliphatic hydroxyl groups is 1. The van der Waals surface area contributed by atoms with E-state index in [1.54, 1.807) is 24.5 Å². The highest BCUT2D eigenvalue weighted by molar-refractivity contribution is 5.78. The van der Waals surface area contributed by atoms with E-state index in [1.165, 1.54) is 0 Å². The van der Waals surface area contributed by atoms with Gasteiger partial charge in [0.1, 0.15) is 11.4 Å². The Labute approximate surface area is 176 Å². The van der Waals surface area contributed by atoms with Gasteiger partial charge in [-0.3, -0.25) is 19.4 Å². The second-order valence-corrected chi connectivity index (χ2v) is 7.83. The zero-order valence-electron chi connectivity index (χ0n) is 17.2.